The summed E-state index contributed by atoms with van der Waals surface area (Å²) in [5.41, 5.74) is -0.126. The maximum Gasteiger partial charge on any atom is 0.318 e. The lowest BCUT2D eigenvalue weighted by atomic mass is 9.85. The van der Waals surface area contributed by atoms with Crippen molar-refractivity contribution in [3.8, 4) is 0 Å². The molecule has 24 heavy (non-hydrogen) atoms. The number of piperidine rings is 1. The Morgan fingerprint density at radius 1 is 1.42 bits per heavy atom. The molecule has 1 saturated heterocycles. The van der Waals surface area contributed by atoms with Crippen LogP contribution in [0.2, 0.25) is 0 Å². The first-order valence-electron chi connectivity index (χ1n) is 8.87. The summed E-state index contributed by atoms with van der Waals surface area (Å²) in [4.78, 5) is 17.1. The van der Waals surface area contributed by atoms with Crippen LogP contribution in [0, 0.1) is 18.3 Å². The fourth-order valence-electron chi connectivity index (χ4n) is 3.62. The van der Waals surface area contributed by atoms with Crippen LogP contribution in [0.1, 0.15) is 51.7 Å². The molecule has 3 unspecified atom stereocenters. The number of hydrogen-bond acceptors (Lipinski definition) is 3. The maximum atomic E-state index is 12.9. The first kappa shape index (κ1) is 18.8. The molecule has 1 aromatic heterocycles. The molecular formula is C19H33N3O2. The lowest BCUT2D eigenvalue weighted by Gasteiger charge is -2.41. The summed E-state index contributed by atoms with van der Waals surface area (Å²) in [7, 11) is 4.05. The average Bonchev–Trinajstić information content (AvgIpc) is 2.88. The van der Waals surface area contributed by atoms with Crippen LogP contribution >= 0.6 is 0 Å². The molecule has 0 aliphatic carbocycles. The maximum absolute atomic E-state index is 12.9. The summed E-state index contributed by atoms with van der Waals surface area (Å²) >= 11 is 0. The number of likely N-dealkylation sites (tertiary alicyclic amines) is 1. The minimum absolute atomic E-state index is 0.0228. The van der Waals surface area contributed by atoms with Gasteiger partial charge >= 0.3 is 6.03 Å². The number of carbonyl (C=O) groups is 1. The van der Waals surface area contributed by atoms with Crippen molar-refractivity contribution in [1.82, 2.24) is 15.1 Å². The summed E-state index contributed by atoms with van der Waals surface area (Å²) in [6.45, 7) is 12.6. The third-order valence-electron chi connectivity index (χ3n) is 5.06. The second-order valence-electron chi connectivity index (χ2n) is 8.40. The largest absolute Gasteiger partial charge is 0.464 e. The van der Waals surface area contributed by atoms with E-state index in [1.54, 1.807) is 0 Å². The van der Waals surface area contributed by atoms with Crippen LogP contribution in [0.5, 0.6) is 0 Å². The van der Waals surface area contributed by atoms with Gasteiger partial charge in [0, 0.05) is 19.6 Å². The van der Waals surface area contributed by atoms with E-state index in [1.165, 1.54) is 0 Å². The third-order valence-corrected chi connectivity index (χ3v) is 5.06. The Morgan fingerprint density at radius 2 is 2.08 bits per heavy atom. The van der Waals surface area contributed by atoms with Crippen LogP contribution < -0.4 is 5.32 Å². The Balaban J connectivity index is 2.10. The van der Waals surface area contributed by atoms with Gasteiger partial charge in [-0.05, 0) is 50.4 Å². The number of aryl methyl sites for hydroxylation is 1. The normalized spacial score (nSPS) is 23.8. The van der Waals surface area contributed by atoms with Gasteiger partial charge in [0.05, 0.1) is 6.04 Å². The minimum Gasteiger partial charge on any atom is -0.464 e. The van der Waals surface area contributed by atoms with Crippen molar-refractivity contribution in [2.24, 2.45) is 11.3 Å². The second-order valence-corrected chi connectivity index (χ2v) is 8.40. The van der Waals surface area contributed by atoms with Gasteiger partial charge in [-0.2, -0.15) is 0 Å². The molecular weight excluding hydrogens is 302 g/mol. The highest BCUT2D eigenvalue weighted by molar-refractivity contribution is 5.75. The number of urea groups is 1. The lowest BCUT2D eigenvalue weighted by Crippen LogP contribution is -2.53. The molecule has 0 spiro atoms. The van der Waals surface area contributed by atoms with Gasteiger partial charge < -0.3 is 19.5 Å². The number of furan rings is 1. The van der Waals surface area contributed by atoms with E-state index in [9.17, 15) is 4.79 Å². The quantitative estimate of drug-likeness (QED) is 0.917. The molecule has 0 bridgehead atoms. The van der Waals surface area contributed by atoms with Crippen LogP contribution in [0.25, 0.3) is 0 Å². The monoisotopic (exact) mass is 335 g/mol. The molecule has 0 saturated carbocycles. The van der Waals surface area contributed by atoms with Crippen molar-refractivity contribution in [3.05, 3.63) is 23.7 Å². The molecule has 2 rings (SSSR count). The van der Waals surface area contributed by atoms with Gasteiger partial charge in [0.1, 0.15) is 11.5 Å². The fraction of sp³-hybridized carbons (Fsp3) is 0.737. The molecule has 1 aliphatic heterocycles. The zero-order chi connectivity index (χ0) is 18.1. The predicted molar refractivity (Wildman–Crippen MR) is 97.0 cm³/mol. The van der Waals surface area contributed by atoms with Crippen LogP contribution in [0.3, 0.4) is 0 Å². The Labute approximate surface area is 146 Å². The lowest BCUT2D eigenvalue weighted by molar-refractivity contribution is 0.101. The minimum atomic E-state index is -0.150. The standard InChI is InChI=1S/C19H33N3O2/c1-13-12-21(6)11-10-15(13)22(7)18(23)20-17(19(3,4)5)16-9-8-14(2)24-16/h8-9,13,15,17H,10-12H2,1-7H3,(H,20,23). The van der Waals surface area contributed by atoms with Crippen molar-refractivity contribution in [2.75, 3.05) is 27.2 Å². The fourth-order valence-corrected chi connectivity index (χ4v) is 3.62. The van der Waals surface area contributed by atoms with Crippen molar-refractivity contribution >= 4 is 6.03 Å². The van der Waals surface area contributed by atoms with Gasteiger partial charge in [-0.3, -0.25) is 0 Å². The Morgan fingerprint density at radius 3 is 2.58 bits per heavy atom. The number of amides is 2. The van der Waals surface area contributed by atoms with Gasteiger partial charge in [0.25, 0.3) is 0 Å². The number of nitrogens with one attached hydrogen (secondary N) is 1. The van der Waals surface area contributed by atoms with Crippen LogP contribution in [-0.2, 0) is 0 Å². The summed E-state index contributed by atoms with van der Waals surface area (Å²) in [5.74, 6) is 2.16. The Bertz CT molecular complexity index is 561. The Kier molecular flexibility index (Phi) is 5.63. The molecule has 136 valence electrons. The van der Waals surface area contributed by atoms with Crippen molar-refractivity contribution in [2.45, 2.75) is 53.1 Å². The van der Waals surface area contributed by atoms with E-state index in [0.717, 1.165) is 31.0 Å². The van der Waals surface area contributed by atoms with Gasteiger partial charge in [-0.15, -0.1) is 0 Å². The SMILES string of the molecule is Cc1ccc(C(NC(=O)N(C)C2CCN(C)CC2C)C(C)(C)C)o1. The van der Waals surface area contributed by atoms with E-state index < -0.39 is 0 Å². The summed E-state index contributed by atoms with van der Waals surface area (Å²) in [6, 6.07) is 4.01. The average molecular weight is 335 g/mol. The van der Waals surface area contributed by atoms with Gasteiger partial charge in [0.15, 0.2) is 0 Å². The van der Waals surface area contributed by atoms with Crippen molar-refractivity contribution < 1.29 is 9.21 Å². The molecule has 1 N–H and O–H groups in total. The zero-order valence-electron chi connectivity index (χ0n) is 16.2. The molecule has 0 radical (unpaired) electrons. The molecule has 1 fully saturated rings. The van der Waals surface area contributed by atoms with Gasteiger partial charge in [-0.1, -0.05) is 27.7 Å². The number of nitrogens with zero attached hydrogens (tertiary/aromatic N) is 2. The number of rotatable bonds is 3. The van der Waals surface area contributed by atoms with E-state index >= 15 is 0 Å². The highest BCUT2D eigenvalue weighted by atomic mass is 16.3. The molecule has 2 amide bonds. The van der Waals surface area contributed by atoms with E-state index in [-0.39, 0.29) is 23.5 Å². The molecule has 5 nitrogen and oxygen atoms in total. The molecule has 0 aromatic carbocycles. The van der Waals surface area contributed by atoms with Gasteiger partial charge in [-0.25, -0.2) is 4.79 Å². The second kappa shape index (κ2) is 7.18. The van der Waals surface area contributed by atoms with E-state index in [0.29, 0.717) is 5.92 Å². The predicted octanol–water partition coefficient (Wildman–Crippen LogP) is 3.66. The van der Waals surface area contributed by atoms with Crippen LogP contribution in [-0.4, -0.2) is 49.1 Å². The zero-order valence-corrected chi connectivity index (χ0v) is 16.2. The van der Waals surface area contributed by atoms with E-state index in [2.05, 4.69) is 45.0 Å². The first-order valence-corrected chi connectivity index (χ1v) is 8.87. The summed E-state index contributed by atoms with van der Waals surface area (Å²) in [6.07, 6.45) is 1.02. The highest BCUT2D eigenvalue weighted by Gasteiger charge is 2.34. The van der Waals surface area contributed by atoms with Crippen molar-refractivity contribution in [3.63, 3.8) is 0 Å². The van der Waals surface area contributed by atoms with Crippen LogP contribution in [0.4, 0.5) is 4.79 Å². The molecule has 5 heteroatoms. The molecule has 2 heterocycles. The number of carbonyl (C=O) groups excluding carboxylic acids is 1. The topological polar surface area (TPSA) is 48.7 Å². The Hall–Kier alpha value is -1.49. The molecule has 1 aromatic rings. The van der Waals surface area contributed by atoms with Crippen LogP contribution in [0.15, 0.2) is 16.5 Å². The van der Waals surface area contributed by atoms with E-state index in [4.69, 9.17) is 4.42 Å². The van der Waals surface area contributed by atoms with Crippen molar-refractivity contribution in [1.29, 1.82) is 0 Å². The smallest absolute Gasteiger partial charge is 0.318 e. The first-order chi connectivity index (χ1) is 11.1. The molecule has 3 atom stereocenters. The third kappa shape index (κ3) is 4.32. The van der Waals surface area contributed by atoms with E-state index in [1.807, 2.05) is 31.0 Å². The summed E-state index contributed by atoms with van der Waals surface area (Å²) in [5, 5.41) is 3.20. The summed E-state index contributed by atoms with van der Waals surface area (Å²) < 4.78 is 5.79. The molecule has 1 aliphatic rings. The number of hydrogen-bond donors (Lipinski definition) is 1. The van der Waals surface area contributed by atoms with Gasteiger partial charge in [0.2, 0.25) is 0 Å². The highest BCUT2D eigenvalue weighted by Crippen LogP contribution is 2.34.